The van der Waals surface area contributed by atoms with Gasteiger partial charge in [0.15, 0.2) is 8.07 Å². The van der Waals surface area contributed by atoms with E-state index in [2.05, 4.69) is 48.5 Å². The molecule has 302 valence electrons. The second-order valence-electron chi connectivity index (χ2n) is 16.6. The van der Waals surface area contributed by atoms with Crippen LogP contribution in [0.25, 0.3) is 66.1 Å². The Bertz CT molecular complexity index is 3980. The van der Waals surface area contributed by atoms with E-state index in [1.807, 2.05) is 108 Å². The fourth-order valence-electron chi connectivity index (χ4n) is 10.4. The average molecular weight is 836 g/mol. The van der Waals surface area contributed by atoms with Crippen LogP contribution in [0.1, 0.15) is 58.7 Å². The lowest BCUT2D eigenvalue weighted by molar-refractivity contribution is 0.445. The number of hydrogen-bond donors (Lipinski definition) is 0. The van der Waals surface area contributed by atoms with Gasteiger partial charge in [0.25, 0.3) is 0 Å². The van der Waals surface area contributed by atoms with Crippen LogP contribution in [0.3, 0.4) is 0 Å². The summed E-state index contributed by atoms with van der Waals surface area (Å²) in [6.07, 6.45) is 5.50. The van der Waals surface area contributed by atoms with Gasteiger partial charge in [0.2, 0.25) is 0 Å². The van der Waals surface area contributed by atoms with Gasteiger partial charge in [-0.3, -0.25) is 0 Å². The first kappa shape index (κ1) is 27.7. The van der Waals surface area contributed by atoms with Crippen LogP contribution in [0, 0.1) is 0 Å². The largest absolute Gasteiger partial charge is 0.309 e. The molecule has 12 rings (SSSR count). The SMILES string of the molecule is [2H]c1c([2H])c(-c2cccc([Si](c3ccccc3)(c3ccccc3)c3ccccc3)c2)c([2H])c(-n2c3c([2H])c([2H])c([2H])c([2H])c3c3c([2H])c([2H])c(-n4c5ccccc5c5c(C6CCCCC6)cccc54)c([2H])c32)c1[2H]. The van der Waals surface area contributed by atoms with Crippen LogP contribution >= 0.6 is 0 Å². The molecule has 2 nitrogen and oxygen atoms in total. The third-order valence-electron chi connectivity index (χ3n) is 13.2. The summed E-state index contributed by atoms with van der Waals surface area (Å²) in [4.78, 5) is 0. The van der Waals surface area contributed by atoms with Gasteiger partial charge in [0.1, 0.15) is 0 Å². The van der Waals surface area contributed by atoms with Crippen LogP contribution in [0.2, 0.25) is 0 Å². The van der Waals surface area contributed by atoms with Gasteiger partial charge in [-0.15, -0.1) is 0 Å². The van der Waals surface area contributed by atoms with Crippen LogP contribution in [-0.4, -0.2) is 17.2 Å². The van der Waals surface area contributed by atoms with Gasteiger partial charge in [0.05, 0.1) is 37.1 Å². The summed E-state index contributed by atoms with van der Waals surface area (Å²) < 4.78 is 109. The van der Waals surface area contributed by atoms with E-state index in [-0.39, 0.29) is 62.9 Å². The minimum absolute atomic E-state index is 0.0170. The number of benzene rings is 9. The number of para-hydroxylation sites is 2. The van der Waals surface area contributed by atoms with Crippen molar-refractivity contribution in [3.05, 3.63) is 230 Å². The molecule has 3 heteroatoms. The van der Waals surface area contributed by atoms with Crippen molar-refractivity contribution in [3.8, 4) is 22.5 Å². The van der Waals surface area contributed by atoms with Crippen molar-refractivity contribution in [2.24, 2.45) is 0 Å². The fraction of sp³-hybridized carbons (Fsp3) is 0.100. The molecule has 0 spiro atoms. The second-order valence-corrected chi connectivity index (χ2v) is 20.4. The third kappa shape index (κ3) is 6.13. The summed E-state index contributed by atoms with van der Waals surface area (Å²) in [5.41, 5.74) is 2.51. The zero-order valence-electron chi connectivity index (χ0n) is 45.5. The van der Waals surface area contributed by atoms with Gasteiger partial charge < -0.3 is 9.13 Å². The molecule has 0 aliphatic heterocycles. The normalized spacial score (nSPS) is 16.1. The van der Waals surface area contributed by atoms with E-state index in [9.17, 15) is 12.3 Å². The Morgan fingerprint density at radius 1 is 0.413 bits per heavy atom. The molecule has 1 saturated carbocycles. The first-order chi connectivity index (χ1) is 35.9. The van der Waals surface area contributed by atoms with E-state index in [0.717, 1.165) is 62.7 Å². The minimum atomic E-state index is -3.15. The smallest absolute Gasteiger partial charge is 0.179 e. The molecule has 2 aromatic heterocycles. The van der Waals surface area contributed by atoms with Gasteiger partial charge in [-0.1, -0.05) is 201 Å². The van der Waals surface area contributed by atoms with Crippen molar-refractivity contribution in [1.82, 2.24) is 9.13 Å². The van der Waals surface area contributed by atoms with Gasteiger partial charge in [-0.05, 0) is 98.5 Å². The van der Waals surface area contributed by atoms with Gasteiger partial charge in [0, 0.05) is 32.9 Å². The molecule has 0 radical (unpaired) electrons. The molecule has 9 aromatic carbocycles. The summed E-state index contributed by atoms with van der Waals surface area (Å²) in [5.74, 6) is 0.312. The Morgan fingerprint density at radius 2 is 1.02 bits per heavy atom. The Balaban J connectivity index is 1.19. The van der Waals surface area contributed by atoms with E-state index in [4.69, 9.17) is 2.74 Å². The first-order valence-corrected chi connectivity index (χ1v) is 23.8. The summed E-state index contributed by atoms with van der Waals surface area (Å²) in [7, 11) is -3.15. The van der Waals surface area contributed by atoms with E-state index in [1.54, 1.807) is 6.07 Å². The highest BCUT2D eigenvalue weighted by atomic mass is 28.3. The Kier molecular flexibility index (Phi) is 6.86. The maximum absolute atomic E-state index is 10.4. The number of aromatic nitrogens is 2. The highest BCUT2D eigenvalue weighted by Gasteiger charge is 2.41. The highest BCUT2D eigenvalue weighted by Crippen LogP contribution is 2.42. The molecule has 0 atom stereocenters. The maximum atomic E-state index is 10.4. The van der Waals surface area contributed by atoms with Crippen molar-refractivity contribution in [2.75, 3.05) is 0 Å². The summed E-state index contributed by atoms with van der Waals surface area (Å²) >= 11 is 0. The molecular weight excluding hydrogens is 777 g/mol. The topological polar surface area (TPSA) is 9.86 Å². The minimum Gasteiger partial charge on any atom is -0.309 e. The molecule has 1 fully saturated rings. The highest BCUT2D eigenvalue weighted by molar-refractivity contribution is 7.19. The number of fused-ring (bicyclic) bond motifs is 6. The Morgan fingerprint density at radius 3 is 1.76 bits per heavy atom. The van der Waals surface area contributed by atoms with E-state index < -0.39 is 50.4 Å². The molecule has 1 aliphatic rings. The molecule has 11 aromatic rings. The summed E-state index contributed by atoms with van der Waals surface area (Å²) in [6, 6.07) is 47.5. The number of rotatable bonds is 8. The molecule has 2 heterocycles. The van der Waals surface area contributed by atoms with Crippen molar-refractivity contribution in [1.29, 1.82) is 0 Å². The molecule has 0 N–H and O–H groups in total. The Hall–Kier alpha value is -7.20. The molecule has 0 saturated heterocycles. The molecule has 63 heavy (non-hydrogen) atoms. The van der Waals surface area contributed by atoms with Gasteiger partial charge >= 0.3 is 0 Å². The van der Waals surface area contributed by atoms with Gasteiger partial charge in [-0.2, -0.15) is 0 Å². The standard InChI is InChI=1S/C60H48N2Si/c1-5-20-43(21-6-1)52-34-19-37-58-60(52)55-33-14-16-36-57(55)61(58)47-38-39-54-53-32-13-15-35-56(53)62(59(54)42-47)46-24-17-22-44(40-46)45-23-18-31-51(41-45)63(48-25-7-2-8-26-48,49-27-9-3-10-28-49)50-29-11-4-12-30-50/h2-4,7-19,22-43H,1,5-6,20-21H2/i13D,15D,17D,22D,24D,32D,35D,38D,39D,40D,42D. The first-order valence-electron chi connectivity index (χ1n) is 27.3. The predicted molar refractivity (Wildman–Crippen MR) is 270 cm³/mol. The molecular formula is C60H48N2Si. The lowest BCUT2D eigenvalue weighted by Crippen LogP contribution is -2.74. The van der Waals surface area contributed by atoms with Crippen LogP contribution in [0.5, 0.6) is 0 Å². The average Bonchev–Trinajstić information content (AvgIpc) is 3.97. The second kappa shape index (κ2) is 15.6. The van der Waals surface area contributed by atoms with E-state index in [1.165, 1.54) is 16.6 Å². The lowest BCUT2D eigenvalue weighted by Gasteiger charge is -2.34. The summed E-state index contributed by atoms with van der Waals surface area (Å²) in [6.45, 7) is 0. The lowest BCUT2D eigenvalue weighted by atomic mass is 9.82. The maximum Gasteiger partial charge on any atom is 0.179 e. The quantitative estimate of drug-likeness (QED) is 0.107. The zero-order chi connectivity index (χ0) is 51.3. The molecule has 0 amide bonds. The molecule has 1 aliphatic carbocycles. The zero-order valence-corrected chi connectivity index (χ0v) is 35.5. The van der Waals surface area contributed by atoms with Crippen LogP contribution < -0.4 is 20.7 Å². The third-order valence-corrected chi connectivity index (χ3v) is 18.0. The van der Waals surface area contributed by atoms with Crippen LogP contribution in [0.4, 0.5) is 0 Å². The van der Waals surface area contributed by atoms with Gasteiger partial charge in [-0.25, -0.2) is 0 Å². The van der Waals surface area contributed by atoms with Crippen molar-refractivity contribution in [2.45, 2.75) is 38.0 Å². The van der Waals surface area contributed by atoms with Crippen molar-refractivity contribution >= 4 is 72.4 Å². The van der Waals surface area contributed by atoms with Crippen LogP contribution in [0.15, 0.2) is 224 Å². The number of nitrogens with zero attached hydrogens (tertiary/aromatic N) is 2. The summed E-state index contributed by atoms with van der Waals surface area (Å²) in [5, 5.41) is 5.90. The molecule has 0 unspecified atom stereocenters. The van der Waals surface area contributed by atoms with Crippen molar-refractivity contribution < 1.29 is 15.1 Å². The molecule has 0 bridgehead atoms. The monoisotopic (exact) mass is 835 g/mol. The van der Waals surface area contributed by atoms with E-state index >= 15 is 0 Å². The van der Waals surface area contributed by atoms with Crippen LogP contribution in [-0.2, 0) is 0 Å². The van der Waals surface area contributed by atoms with Crippen molar-refractivity contribution in [3.63, 3.8) is 0 Å². The van der Waals surface area contributed by atoms with E-state index in [0.29, 0.717) is 17.0 Å². The fourth-order valence-corrected chi connectivity index (χ4v) is 15.2. The Labute approximate surface area is 385 Å². The number of hydrogen-bond acceptors (Lipinski definition) is 0. The predicted octanol–water partition coefficient (Wildman–Crippen LogP) is 13.0.